The standard InChI is InChI=1S/C9H15FN4S/c1-5(9(2,3)15)13-7-6(10)4-12-8(11)14-7/h4-5,15H,1-3H3,(H3,11,12,13,14)/t5-/m0/s1. The summed E-state index contributed by atoms with van der Waals surface area (Å²) in [6.07, 6.45) is 1.04. The number of anilines is 2. The summed E-state index contributed by atoms with van der Waals surface area (Å²) in [6.45, 7) is 5.75. The van der Waals surface area contributed by atoms with Crippen LogP contribution in [0.1, 0.15) is 20.8 Å². The molecule has 1 heterocycles. The third kappa shape index (κ3) is 3.23. The van der Waals surface area contributed by atoms with Crippen molar-refractivity contribution in [3.63, 3.8) is 0 Å². The van der Waals surface area contributed by atoms with Gasteiger partial charge in [-0.05, 0) is 20.8 Å². The highest BCUT2D eigenvalue weighted by Gasteiger charge is 2.22. The number of hydrogen-bond donors (Lipinski definition) is 3. The van der Waals surface area contributed by atoms with Gasteiger partial charge < -0.3 is 11.1 Å². The van der Waals surface area contributed by atoms with Crippen molar-refractivity contribution in [1.29, 1.82) is 0 Å². The maximum Gasteiger partial charge on any atom is 0.222 e. The van der Waals surface area contributed by atoms with E-state index in [-0.39, 0.29) is 22.6 Å². The van der Waals surface area contributed by atoms with E-state index >= 15 is 0 Å². The van der Waals surface area contributed by atoms with Crippen LogP contribution in [0.3, 0.4) is 0 Å². The van der Waals surface area contributed by atoms with Crippen molar-refractivity contribution in [3.8, 4) is 0 Å². The van der Waals surface area contributed by atoms with Crippen LogP contribution in [-0.4, -0.2) is 20.8 Å². The topological polar surface area (TPSA) is 63.8 Å². The lowest BCUT2D eigenvalue weighted by atomic mass is 10.1. The molecule has 4 nitrogen and oxygen atoms in total. The number of hydrogen-bond acceptors (Lipinski definition) is 5. The molecule has 0 aliphatic heterocycles. The molecule has 0 fully saturated rings. The van der Waals surface area contributed by atoms with Gasteiger partial charge in [0.25, 0.3) is 0 Å². The van der Waals surface area contributed by atoms with Gasteiger partial charge in [-0.3, -0.25) is 0 Å². The monoisotopic (exact) mass is 230 g/mol. The molecule has 0 radical (unpaired) electrons. The molecule has 0 unspecified atom stereocenters. The minimum Gasteiger partial charge on any atom is -0.368 e. The van der Waals surface area contributed by atoms with Crippen LogP contribution in [-0.2, 0) is 0 Å². The molecular formula is C9H15FN4S. The Morgan fingerprint density at radius 1 is 1.60 bits per heavy atom. The van der Waals surface area contributed by atoms with Gasteiger partial charge in [0.15, 0.2) is 11.6 Å². The minimum absolute atomic E-state index is 0.0445. The van der Waals surface area contributed by atoms with E-state index in [1.165, 1.54) is 0 Å². The molecule has 0 bridgehead atoms. The summed E-state index contributed by atoms with van der Waals surface area (Å²) in [5.74, 6) is -0.367. The molecule has 1 aromatic rings. The van der Waals surface area contributed by atoms with Crippen molar-refractivity contribution in [2.45, 2.75) is 31.6 Å². The van der Waals surface area contributed by atoms with Gasteiger partial charge in [0.1, 0.15) is 0 Å². The van der Waals surface area contributed by atoms with Gasteiger partial charge in [0.05, 0.1) is 6.20 Å². The predicted octanol–water partition coefficient (Wildman–Crippen LogP) is 1.71. The number of nitrogens with one attached hydrogen (secondary N) is 1. The molecule has 15 heavy (non-hydrogen) atoms. The molecular weight excluding hydrogens is 215 g/mol. The summed E-state index contributed by atoms with van der Waals surface area (Å²) in [7, 11) is 0. The van der Waals surface area contributed by atoms with Gasteiger partial charge in [0, 0.05) is 10.8 Å². The second kappa shape index (κ2) is 4.22. The number of nitrogens with zero attached hydrogens (tertiary/aromatic N) is 2. The SMILES string of the molecule is C[C@H](Nc1nc(N)ncc1F)C(C)(C)S. The van der Waals surface area contributed by atoms with Crippen LogP contribution in [0.2, 0.25) is 0 Å². The quantitative estimate of drug-likeness (QED) is 0.692. The number of aromatic nitrogens is 2. The normalized spacial score (nSPS) is 13.7. The van der Waals surface area contributed by atoms with Gasteiger partial charge in [-0.2, -0.15) is 17.6 Å². The van der Waals surface area contributed by atoms with E-state index in [0.717, 1.165) is 6.20 Å². The zero-order valence-electron chi connectivity index (χ0n) is 8.95. The Labute approximate surface area is 93.9 Å². The molecule has 0 aromatic carbocycles. The molecule has 84 valence electrons. The Bertz CT molecular complexity index is 350. The first kappa shape index (κ1) is 12.0. The van der Waals surface area contributed by atoms with E-state index in [2.05, 4.69) is 27.9 Å². The second-order valence-corrected chi connectivity index (χ2v) is 5.10. The number of nitrogens with two attached hydrogens (primary N) is 1. The summed E-state index contributed by atoms with van der Waals surface area (Å²) in [6, 6.07) is -0.0513. The molecule has 0 saturated carbocycles. The van der Waals surface area contributed by atoms with E-state index in [9.17, 15) is 4.39 Å². The van der Waals surface area contributed by atoms with Crippen LogP contribution >= 0.6 is 12.6 Å². The van der Waals surface area contributed by atoms with Crippen LogP contribution in [0.15, 0.2) is 6.20 Å². The molecule has 1 aromatic heterocycles. The maximum absolute atomic E-state index is 13.3. The highest BCUT2D eigenvalue weighted by molar-refractivity contribution is 7.81. The molecule has 0 aliphatic rings. The zero-order chi connectivity index (χ0) is 11.6. The third-order valence-corrected chi connectivity index (χ3v) is 2.56. The van der Waals surface area contributed by atoms with Crippen LogP contribution in [0.25, 0.3) is 0 Å². The summed E-state index contributed by atoms with van der Waals surface area (Å²) in [5.41, 5.74) is 5.36. The van der Waals surface area contributed by atoms with Crippen molar-refractivity contribution in [2.24, 2.45) is 0 Å². The van der Waals surface area contributed by atoms with Gasteiger partial charge in [-0.1, -0.05) is 0 Å². The fourth-order valence-electron chi connectivity index (χ4n) is 0.864. The summed E-state index contributed by atoms with van der Waals surface area (Å²) in [5, 5.41) is 2.91. The minimum atomic E-state index is -0.520. The van der Waals surface area contributed by atoms with E-state index < -0.39 is 5.82 Å². The predicted molar refractivity (Wildman–Crippen MR) is 62.6 cm³/mol. The summed E-state index contributed by atoms with van der Waals surface area (Å²) < 4.78 is 13.0. The Morgan fingerprint density at radius 3 is 2.73 bits per heavy atom. The highest BCUT2D eigenvalue weighted by atomic mass is 32.1. The fraction of sp³-hybridized carbons (Fsp3) is 0.556. The van der Waals surface area contributed by atoms with E-state index in [1.54, 1.807) is 0 Å². The highest BCUT2D eigenvalue weighted by Crippen LogP contribution is 2.21. The molecule has 3 N–H and O–H groups in total. The Balaban J connectivity index is 2.85. The van der Waals surface area contributed by atoms with Crippen molar-refractivity contribution in [1.82, 2.24) is 9.97 Å². The molecule has 0 saturated heterocycles. The van der Waals surface area contributed by atoms with Gasteiger partial charge in [0.2, 0.25) is 5.95 Å². The van der Waals surface area contributed by atoms with Gasteiger partial charge in [-0.25, -0.2) is 9.37 Å². The summed E-state index contributed by atoms with van der Waals surface area (Å²) >= 11 is 4.38. The first-order valence-electron chi connectivity index (χ1n) is 4.57. The van der Waals surface area contributed by atoms with Crippen LogP contribution in [0.5, 0.6) is 0 Å². The zero-order valence-corrected chi connectivity index (χ0v) is 9.85. The van der Waals surface area contributed by atoms with Gasteiger partial charge >= 0.3 is 0 Å². The molecule has 0 amide bonds. The molecule has 0 spiro atoms. The van der Waals surface area contributed by atoms with Crippen LogP contribution < -0.4 is 11.1 Å². The molecule has 1 atom stereocenters. The maximum atomic E-state index is 13.3. The Morgan fingerprint density at radius 2 is 2.20 bits per heavy atom. The lowest BCUT2D eigenvalue weighted by molar-refractivity contribution is 0.587. The summed E-state index contributed by atoms with van der Waals surface area (Å²) in [4.78, 5) is 7.31. The van der Waals surface area contributed by atoms with Crippen molar-refractivity contribution in [3.05, 3.63) is 12.0 Å². The Kier molecular flexibility index (Phi) is 3.38. The van der Waals surface area contributed by atoms with Crippen molar-refractivity contribution < 1.29 is 4.39 Å². The molecule has 0 aliphatic carbocycles. The average Bonchev–Trinajstić information content (AvgIpc) is 2.09. The molecule has 1 rings (SSSR count). The largest absolute Gasteiger partial charge is 0.368 e. The first-order valence-corrected chi connectivity index (χ1v) is 5.02. The lowest BCUT2D eigenvalue weighted by Crippen LogP contribution is -2.35. The van der Waals surface area contributed by atoms with Crippen molar-refractivity contribution in [2.75, 3.05) is 11.1 Å². The number of thiol groups is 1. The smallest absolute Gasteiger partial charge is 0.222 e. The third-order valence-electron chi connectivity index (χ3n) is 2.18. The number of nitrogen functional groups attached to an aromatic ring is 1. The average molecular weight is 230 g/mol. The van der Waals surface area contributed by atoms with E-state index in [1.807, 2.05) is 20.8 Å². The number of halogens is 1. The number of rotatable bonds is 3. The molecule has 6 heteroatoms. The van der Waals surface area contributed by atoms with Crippen LogP contribution in [0, 0.1) is 5.82 Å². The van der Waals surface area contributed by atoms with E-state index in [4.69, 9.17) is 5.73 Å². The fourth-order valence-corrected chi connectivity index (χ4v) is 0.928. The van der Waals surface area contributed by atoms with Crippen LogP contribution in [0.4, 0.5) is 16.2 Å². The lowest BCUT2D eigenvalue weighted by Gasteiger charge is -2.27. The van der Waals surface area contributed by atoms with Crippen molar-refractivity contribution >= 4 is 24.4 Å². The first-order chi connectivity index (χ1) is 6.80. The second-order valence-electron chi connectivity index (χ2n) is 3.94. The van der Waals surface area contributed by atoms with Gasteiger partial charge in [-0.15, -0.1) is 0 Å². The Hall–Kier alpha value is -1.04. The van der Waals surface area contributed by atoms with E-state index in [0.29, 0.717) is 0 Å².